The predicted octanol–water partition coefficient (Wildman–Crippen LogP) is 2.47. The number of carbonyl (C=O) groups is 2. The fourth-order valence-electron chi connectivity index (χ4n) is 3.27. The van der Waals surface area contributed by atoms with Crippen LogP contribution in [0.25, 0.3) is 0 Å². The van der Waals surface area contributed by atoms with Gasteiger partial charge in [0.15, 0.2) is 0 Å². The van der Waals surface area contributed by atoms with Crippen LogP contribution in [0.1, 0.15) is 24.8 Å². The number of rotatable bonds is 6. The predicted molar refractivity (Wildman–Crippen MR) is 100 cm³/mol. The molecular formula is C20H22F2N4O2. The van der Waals surface area contributed by atoms with E-state index in [-0.39, 0.29) is 24.0 Å². The Balaban J connectivity index is 1.58. The highest BCUT2D eigenvalue weighted by molar-refractivity contribution is 5.95. The first kappa shape index (κ1) is 19.9. The molecule has 1 fully saturated rings. The standard InChI is InChI=1S/C20H22F2N4O2/c21-15-8-16(22)10-17(9-15)25-20(28)18-5-1-2-7-26(18)13-19(27)24-12-14-4-3-6-23-11-14/h3-4,6,8-11,18H,1-2,5,7,12-13H2,(H,24,27)(H,25,28). The van der Waals surface area contributed by atoms with Crippen LogP contribution in [0.2, 0.25) is 0 Å². The quantitative estimate of drug-likeness (QED) is 0.797. The first-order valence-corrected chi connectivity index (χ1v) is 9.18. The van der Waals surface area contributed by atoms with Crippen molar-refractivity contribution in [3.8, 4) is 0 Å². The molecule has 148 valence electrons. The Morgan fingerprint density at radius 2 is 1.96 bits per heavy atom. The van der Waals surface area contributed by atoms with Crippen molar-refractivity contribution in [3.05, 3.63) is 59.9 Å². The van der Waals surface area contributed by atoms with Crippen LogP contribution < -0.4 is 10.6 Å². The Morgan fingerprint density at radius 3 is 2.68 bits per heavy atom. The van der Waals surface area contributed by atoms with Crippen molar-refractivity contribution < 1.29 is 18.4 Å². The van der Waals surface area contributed by atoms with Gasteiger partial charge in [-0.3, -0.25) is 19.5 Å². The first-order chi connectivity index (χ1) is 13.5. The number of amides is 2. The smallest absolute Gasteiger partial charge is 0.241 e. The summed E-state index contributed by atoms with van der Waals surface area (Å²) in [6, 6.07) is 6.01. The van der Waals surface area contributed by atoms with Crippen molar-refractivity contribution in [2.24, 2.45) is 0 Å². The lowest BCUT2D eigenvalue weighted by Gasteiger charge is -2.34. The molecule has 8 heteroatoms. The molecular weight excluding hydrogens is 366 g/mol. The van der Waals surface area contributed by atoms with Gasteiger partial charge in [-0.1, -0.05) is 12.5 Å². The van der Waals surface area contributed by atoms with Crippen LogP contribution in [0.5, 0.6) is 0 Å². The molecule has 1 aliphatic rings. The number of nitrogens with zero attached hydrogens (tertiary/aromatic N) is 2. The number of hydrogen-bond acceptors (Lipinski definition) is 4. The summed E-state index contributed by atoms with van der Waals surface area (Å²) in [6.45, 7) is 1.05. The van der Waals surface area contributed by atoms with Crippen LogP contribution in [0.3, 0.4) is 0 Å². The number of piperidine rings is 1. The third kappa shape index (κ3) is 5.56. The molecule has 1 saturated heterocycles. The maximum absolute atomic E-state index is 13.3. The van der Waals surface area contributed by atoms with Crippen molar-refractivity contribution >= 4 is 17.5 Å². The van der Waals surface area contributed by atoms with E-state index in [1.54, 1.807) is 23.4 Å². The number of halogens is 2. The summed E-state index contributed by atoms with van der Waals surface area (Å²) in [7, 11) is 0. The van der Waals surface area contributed by atoms with Crippen LogP contribution in [-0.2, 0) is 16.1 Å². The number of hydrogen-bond donors (Lipinski definition) is 2. The number of benzene rings is 1. The van der Waals surface area contributed by atoms with Crippen LogP contribution in [0.4, 0.5) is 14.5 Å². The summed E-state index contributed by atoms with van der Waals surface area (Å²) in [5, 5.41) is 5.37. The Bertz CT molecular complexity index is 812. The lowest BCUT2D eigenvalue weighted by atomic mass is 10.0. The van der Waals surface area contributed by atoms with E-state index in [2.05, 4.69) is 15.6 Å². The highest BCUT2D eigenvalue weighted by Gasteiger charge is 2.30. The van der Waals surface area contributed by atoms with Crippen molar-refractivity contribution in [3.63, 3.8) is 0 Å². The molecule has 2 heterocycles. The topological polar surface area (TPSA) is 74.3 Å². The van der Waals surface area contributed by atoms with Crippen molar-refractivity contribution in [2.45, 2.75) is 31.8 Å². The fraction of sp³-hybridized carbons (Fsp3) is 0.350. The zero-order chi connectivity index (χ0) is 19.9. The van der Waals surface area contributed by atoms with E-state index < -0.39 is 17.7 Å². The molecule has 0 spiro atoms. The summed E-state index contributed by atoms with van der Waals surface area (Å²) in [4.78, 5) is 30.7. The second-order valence-electron chi connectivity index (χ2n) is 6.77. The summed E-state index contributed by atoms with van der Waals surface area (Å²) in [5.74, 6) is -2.08. The SMILES string of the molecule is O=C(CN1CCCCC1C(=O)Nc1cc(F)cc(F)c1)NCc1cccnc1. The van der Waals surface area contributed by atoms with E-state index in [1.165, 1.54) is 0 Å². The minimum Gasteiger partial charge on any atom is -0.351 e. The third-order valence-corrected chi connectivity index (χ3v) is 4.61. The average Bonchev–Trinajstić information content (AvgIpc) is 2.67. The molecule has 6 nitrogen and oxygen atoms in total. The highest BCUT2D eigenvalue weighted by atomic mass is 19.1. The van der Waals surface area contributed by atoms with E-state index in [0.717, 1.165) is 36.6 Å². The molecule has 1 aromatic heterocycles. The lowest BCUT2D eigenvalue weighted by molar-refractivity contribution is -0.127. The normalized spacial score (nSPS) is 17.1. The van der Waals surface area contributed by atoms with E-state index in [0.29, 0.717) is 19.5 Å². The zero-order valence-corrected chi connectivity index (χ0v) is 15.3. The Labute approximate surface area is 162 Å². The van der Waals surface area contributed by atoms with Crippen LogP contribution in [-0.4, -0.2) is 40.8 Å². The molecule has 0 saturated carbocycles. The second kappa shape index (κ2) is 9.36. The Morgan fingerprint density at radius 1 is 1.18 bits per heavy atom. The van der Waals surface area contributed by atoms with Crippen LogP contribution in [0, 0.1) is 11.6 Å². The van der Waals surface area contributed by atoms with E-state index in [1.807, 2.05) is 6.07 Å². The van der Waals surface area contributed by atoms with Crippen molar-refractivity contribution in [2.75, 3.05) is 18.4 Å². The monoisotopic (exact) mass is 388 g/mol. The molecule has 2 amide bonds. The highest BCUT2D eigenvalue weighted by Crippen LogP contribution is 2.20. The van der Waals surface area contributed by atoms with Gasteiger partial charge in [-0.2, -0.15) is 0 Å². The van der Waals surface area contributed by atoms with Gasteiger partial charge in [0.1, 0.15) is 11.6 Å². The number of nitrogens with one attached hydrogen (secondary N) is 2. The van der Waals surface area contributed by atoms with Gasteiger partial charge < -0.3 is 10.6 Å². The molecule has 1 aliphatic heterocycles. The van der Waals surface area contributed by atoms with Crippen LogP contribution >= 0.6 is 0 Å². The minimum atomic E-state index is -0.759. The van der Waals surface area contributed by atoms with E-state index in [4.69, 9.17) is 0 Å². The summed E-state index contributed by atoms with van der Waals surface area (Å²) in [6.07, 6.45) is 5.65. The van der Waals surface area contributed by atoms with Crippen molar-refractivity contribution in [1.82, 2.24) is 15.2 Å². The van der Waals surface area contributed by atoms with Gasteiger partial charge >= 0.3 is 0 Å². The summed E-state index contributed by atoms with van der Waals surface area (Å²) < 4.78 is 26.7. The number of anilines is 1. The Kier molecular flexibility index (Phi) is 6.65. The number of pyridine rings is 1. The molecule has 2 N–H and O–H groups in total. The molecule has 0 aliphatic carbocycles. The number of aromatic nitrogens is 1. The summed E-state index contributed by atoms with van der Waals surface area (Å²) in [5.41, 5.74) is 0.950. The van der Waals surface area contributed by atoms with Gasteiger partial charge in [-0.15, -0.1) is 0 Å². The van der Waals surface area contributed by atoms with Gasteiger partial charge in [0.25, 0.3) is 0 Å². The number of likely N-dealkylation sites (tertiary alicyclic amines) is 1. The molecule has 28 heavy (non-hydrogen) atoms. The molecule has 3 rings (SSSR count). The molecule has 0 bridgehead atoms. The fourth-order valence-corrected chi connectivity index (χ4v) is 3.27. The van der Waals surface area contributed by atoms with Gasteiger partial charge in [0, 0.05) is 30.7 Å². The second-order valence-corrected chi connectivity index (χ2v) is 6.77. The molecule has 1 aromatic carbocycles. The third-order valence-electron chi connectivity index (χ3n) is 4.61. The largest absolute Gasteiger partial charge is 0.351 e. The van der Waals surface area contributed by atoms with E-state index in [9.17, 15) is 18.4 Å². The Hall–Kier alpha value is -2.87. The minimum absolute atomic E-state index is 0.0639. The average molecular weight is 388 g/mol. The summed E-state index contributed by atoms with van der Waals surface area (Å²) >= 11 is 0. The van der Waals surface area contributed by atoms with Crippen LogP contribution in [0.15, 0.2) is 42.7 Å². The molecule has 1 unspecified atom stereocenters. The van der Waals surface area contributed by atoms with E-state index >= 15 is 0 Å². The van der Waals surface area contributed by atoms with Gasteiger partial charge in [0.05, 0.1) is 12.6 Å². The van der Waals surface area contributed by atoms with Crippen molar-refractivity contribution in [1.29, 1.82) is 0 Å². The lowest BCUT2D eigenvalue weighted by Crippen LogP contribution is -2.50. The zero-order valence-electron chi connectivity index (χ0n) is 15.3. The van der Waals surface area contributed by atoms with Gasteiger partial charge in [0.2, 0.25) is 11.8 Å². The first-order valence-electron chi connectivity index (χ1n) is 9.18. The molecule has 1 atom stereocenters. The van der Waals surface area contributed by atoms with Gasteiger partial charge in [-0.05, 0) is 43.1 Å². The molecule has 2 aromatic rings. The maximum atomic E-state index is 13.3. The van der Waals surface area contributed by atoms with Gasteiger partial charge in [-0.25, -0.2) is 8.78 Å². The number of carbonyl (C=O) groups excluding carboxylic acids is 2. The maximum Gasteiger partial charge on any atom is 0.241 e. The molecule has 0 radical (unpaired) electrons.